The Morgan fingerprint density at radius 3 is 2.70 bits per heavy atom. The van der Waals surface area contributed by atoms with Crippen LogP contribution in [0.5, 0.6) is 0 Å². The maximum absolute atomic E-state index is 12.8. The molecule has 2 aliphatic rings. The van der Waals surface area contributed by atoms with Crippen molar-refractivity contribution in [2.75, 3.05) is 6.54 Å². The number of hydrogen-bond donors (Lipinski definition) is 0. The van der Waals surface area contributed by atoms with Crippen LogP contribution in [0.4, 0.5) is 0 Å². The van der Waals surface area contributed by atoms with E-state index < -0.39 is 0 Å². The Bertz CT molecular complexity index is 491. The molecule has 0 N–H and O–H groups in total. The van der Waals surface area contributed by atoms with Gasteiger partial charge in [0.1, 0.15) is 5.15 Å². The third-order valence-electron chi connectivity index (χ3n) is 4.67. The van der Waals surface area contributed by atoms with Crippen molar-refractivity contribution in [2.45, 2.75) is 51.5 Å². The van der Waals surface area contributed by atoms with Crippen molar-refractivity contribution in [1.82, 2.24) is 9.88 Å². The monoisotopic (exact) mass is 292 g/mol. The van der Waals surface area contributed by atoms with Gasteiger partial charge in [-0.3, -0.25) is 4.79 Å². The zero-order chi connectivity index (χ0) is 14.1. The van der Waals surface area contributed by atoms with E-state index in [0.717, 1.165) is 25.1 Å². The number of likely N-dealkylation sites (tertiary alicyclic amines) is 1. The van der Waals surface area contributed by atoms with Crippen LogP contribution in [0.15, 0.2) is 12.1 Å². The third kappa shape index (κ3) is 2.69. The van der Waals surface area contributed by atoms with Gasteiger partial charge in [0.15, 0.2) is 0 Å². The summed E-state index contributed by atoms with van der Waals surface area (Å²) >= 11 is 5.98. The molecule has 1 aromatic heterocycles. The van der Waals surface area contributed by atoms with Gasteiger partial charge in [0.2, 0.25) is 0 Å². The van der Waals surface area contributed by atoms with E-state index in [0.29, 0.717) is 22.7 Å². The van der Waals surface area contributed by atoms with E-state index in [9.17, 15) is 4.79 Å². The molecule has 0 spiro atoms. The number of rotatable bonds is 2. The molecule has 1 amide bonds. The molecule has 1 unspecified atom stereocenters. The lowest BCUT2D eigenvalue weighted by Crippen LogP contribution is -2.39. The molecule has 0 aromatic carbocycles. The summed E-state index contributed by atoms with van der Waals surface area (Å²) in [5, 5.41) is 0.407. The molecule has 3 nitrogen and oxygen atoms in total. The number of amides is 1. The average Bonchev–Trinajstić information content (AvgIpc) is 3.07. The minimum absolute atomic E-state index is 0.131. The summed E-state index contributed by atoms with van der Waals surface area (Å²) in [6.07, 6.45) is 7.50. The van der Waals surface area contributed by atoms with Crippen molar-refractivity contribution in [3.05, 3.63) is 28.5 Å². The number of halogens is 1. The summed E-state index contributed by atoms with van der Waals surface area (Å²) in [5.74, 6) is 0.839. The Labute approximate surface area is 125 Å². The molecule has 1 aromatic rings. The molecular weight excluding hydrogens is 272 g/mol. The zero-order valence-electron chi connectivity index (χ0n) is 11.9. The lowest BCUT2D eigenvalue weighted by molar-refractivity contribution is 0.0689. The zero-order valence-corrected chi connectivity index (χ0v) is 12.7. The van der Waals surface area contributed by atoms with Crippen LogP contribution < -0.4 is 0 Å². The topological polar surface area (TPSA) is 33.2 Å². The van der Waals surface area contributed by atoms with Gasteiger partial charge >= 0.3 is 0 Å². The van der Waals surface area contributed by atoms with E-state index in [-0.39, 0.29) is 5.91 Å². The van der Waals surface area contributed by atoms with Crippen LogP contribution in [0.2, 0.25) is 5.15 Å². The Kier molecular flexibility index (Phi) is 3.97. The van der Waals surface area contributed by atoms with Gasteiger partial charge in [-0.25, -0.2) is 4.98 Å². The Hall–Kier alpha value is -1.09. The third-order valence-corrected chi connectivity index (χ3v) is 4.87. The van der Waals surface area contributed by atoms with Crippen LogP contribution in [0, 0.1) is 12.8 Å². The minimum atomic E-state index is 0.131. The largest absolute Gasteiger partial charge is 0.335 e. The van der Waals surface area contributed by atoms with Crippen molar-refractivity contribution < 1.29 is 4.79 Å². The fourth-order valence-electron chi connectivity index (χ4n) is 3.79. The molecule has 20 heavy (non-hydrogen) atoms. The summed E-state index contributed by atoms with van der Waals surface area (Å²) in [6, 6.07) is 3.98. The first-order chi connectivity index (χ1) is 9.65. The van der Waals surface area contributed by atoms with E-state index in [2.05, 4.69) is 9.88 Å². The van der Waals surface area contributed by atoms with Crippen molar-refractivity contribution in [1.29, 1.82) is 0 Å². The number of aromatic nitrogens is 1. The van der Waals surface area contributed by atoms with Gasteiger partial charge in [0.05, 0.1) is 0 Å². The van der Waals surface area contributed by atoms with Crippen LogP contribution >= 0.6 is 11.6 Å². The SMILES string of the molecule is Cc1cc(C(=O)N2CCCC2C2CCCC2)cc(Cl)n1. The van der Waals surface area contributed by atoms with Crippen LogP contribution in [-0.2, 0) is 0 Å². The van der Waals surface area contributed by atoms with Gasteiger partial charge in [-0.2, -0.15) is 0 Å². The molecular formula is C16H21ClN2O. The van der Waals surface area contributed by atoms with Gasteiger partial charge in [-0.05, 0) is 50.7 Å². The quantitative estimate of drug-likeness (QED) is 0.776. The van der Waals surface area contributed by atoms with Gasteiger partial charge < -0.3 is 4.90 Å². The first-order valence-electron chi connectivity index (χ1n) is 7.60. The normalized spacial score (nSPS) is 23.5. The number of aryl methyl sites for hydroxylation is 1. The van der Waals surface area contributed by atoms with Crippen molar-refractivity contribution >= 4 is 17.5 Å². The molecule has 1 atom stereocenters. The maximum Gasteiger partial charge on any atom is 0.254 e. The summed E-state index contributed by atoms with van der Waals surface area (Å²) in [5.41, 5.74) is 1.49. The highest BCUT2D eigenvalue weighted by atomic mass is 35.5. The molecule has 108 valence electrons. The highest BCUT2D eigenvalue weighted by Gasteiger charge is 2.36. The molecule has 0 bridgehead atoms. The molecule has 3 rings (SSSR count). The Morgan fingerprint density at radius 2 is 2.00 bits per heavy atom. The molecule has 0 radical (unpaired) electrons. The highest BCUT2D eigenvalue weighted by Crippen LogP contribution is 2.36. The van der Waals surface area contributed by atoms with E-state index in [1.165, 1.54) is 25.7 Å². The van der Waals surface area contributed by atoms with Crippen molar-refractivity contribution in [3.63, 3.8) is 0 Å². The van der Waals surface area contributed by atoms with Crippen molar-refractivity contribution in [2.24, 2.45) is 5.92 Å². The maximum atomic E-state index is 12.8. The fraction of sp³-hybridized carbons (Fsp3) is 0.625. The molecule has 2 fully saturated rings. The lowest BCUT2D eigenvalue weighted by Gasteiger charge is -2.29. The molecule has 2 heterocycles. The molecule has 1 saturated heterocycles. The van der Waals surface area contributed by atoms with E-state index in [4.69, 9.17) is 11.6 Å². The van der Waals surface area contributed by atoms with Gasteiger partial charge in [-0.15, -0.1) is 0 Å². The predicted molar refractivity (Wildman–Crippen MR) is 80.0 cm³/mol. The van der Waals surface area contributed by atoms with Crippen LogP contribution in [0.1, 0.15) is 54.6 Å². The van der Waals surface area contributed by atoms with Gasteiger partial charge in [-0.1, -0.05) is 24.4 Å². The average molecular weight is 293 g/mol. The predicted octanol–water partition coefficient (Wildman–Crippen LogP) is 3.84. The first kappa shape index (κ1) is 13.9. The second-order valence-corrected chi connectivity index (χ2v) is 6.46. The van der Waals surface area contributed by atoms with Gasteiger partial charge in [0, 0.05) is 23.8 Å². The van der Waals surface area contributed by atoms with Crippen LogP contribution in [0.3, 0.4) is 0 Å². The summed E-state index contributed by atoms with van der Waals surface area (Å²) in [4.78, 5) is 19.0. The minimum Gasteiger partial charge on any atom is -0.335 e. The Balaban J connectivity index is 1.81. The number of nitrogens with zero attached hydrogens (tertiary/aromatic N) is 2. The number of carbonyl (C=O) groups excluding carboxylic acids is 1. The second-order valence-electron chi connectivity index (χ2n) is 6.07. The smallest absolute Gasteiger partial charge is 0.254 e. The van der Waals surface area contributed by atoms with Crippen molar-refractivity contribution in [3.8, 4) is 0 Å². The highest BCUT2D eigenvalue weighted by molar-refractivity contribution is 6.29. The van der Waals surface area contributed by atoms with E-state index >= 15 is 0 Å². The summed E-state index contributed by atoms with van der Waals surface area (Å²) < 4.78 is 0. The molecule has 1 aliphatic heterocycles. The molecule has 1 aliphatic carbocycles. The first-order valence-corrected chi connectivity index (χ1v) is 7.98. The summed E-state index contributed by atoms with van der Waals surface area (Å²) in [7, 11) is 0. The number of hydrogen-bond acceptors (Lipinski definition) is 2. The molecule has 4 heteroatoms. The standard InChI is InChI=1S/C16H21ClN2O/c1-11-9-13(10-15(17)18-11)16(20)19-8-4-7-14(19)12-5-2-3-6-12/h9-10,12,14H,2-8H2,1H3. The van der Waals surface area contributed by atoms with Gasteiger partial charge in [0.25, 0.3) is 5.91 Å². The van der Waals surface area contributed by atoms with Crippen LogP contribution in [-0.4, -0.2) is 28.4 Å². The van der Waals surface area contributed by atoms with E-state index in [1.54, 1.807) is 6.07 Å². The second kappa shape index (κ2) is 5.72. The summed E-state index contributed by atoms with van der Waals surface area (Å²) in [6.45, 7) is 2.76. The molecule has 1 saturated carbocycles. The van der Waals surface area contributed by atoms with Crippen LogP contribution in [0.25, 0.3) is 0 Å². The lowest BCUT2D eigenvalue weighted by atomic mass is 9.95. The Morgan fingerprint density at radius 1 is 1.25 bits per heavy atom. The number of carbonyl (C=O) groups is 1. The fourth-order valence-corrected chi connectivity index (χ4v) is 4.05. The number of pyridine rings is 1. The van der Waals surface area contributed by atoms with E-state index in [1.807, 2.05) is 13.0 Å².